The van der Waals surface area contributed by atoms with Gasteiger partial charge in [-0.25, -0.2) is 0 Å². The zero-order valence-corrected chi connectivity index (χ0v) is 18.9. The van der Waals surface area contributed by atoms with Crippen LogP contribution in [0, 0.1) is 45.3 Å². The van der Waals surface area contributed by atoms with Crippen molar-refractivity contribution in [2.24, 2.45) is 17.1 Å². The second-order valence-corrected chi connectivity index (χ2v) is 8.00. The van der Waals surface area contributed by atoms with Crippen LogP contribution < -0.4 is 15.2 Å². The molecule has 2 atom stereocenters. The summed E-state index contributed by atoms with van der Waals surface area (Å²) in [7, 11) is 0. The number of benzene rings is 1. The van der Waals surface area contributed by atoms with Crippen molar-refractivity contribution in [3.05, 3.63) is 46.7 Å². The number of fused-ring (bicyclic) bond motifs is 1. The van der Waals surface area contributed by atoms with Crippen LogP contribution in [0.5, 0.6) is 11.5 Å². The van der Waals surface area contributed by atoms with Gasteiger partial charge >= 0.3 is 0 Å². The molecule has 1 aliphatic heterocycles. The minimum absolute atomic E-state index is 0.0234. The Balaban J connectivity index is 2.29. The van der Waals surface area contributed by atoms with E-state index in [4.69, 9.17) is 15.2 Å². The summed E-state index contributed by atoms with van der Waals surface area (Å²) in [6.07, 6.45) is 3.03. The van der Waals surface area contributed by atoms with E-state index in [1.54, 1.807) is 6.07 Å². The monoisotopic (exact) mass is 431 g/mol. The number of rotatable bonds is 7. The van der Waals surface area contributed by atoms with E-state index in [0.29, 0.717) is 36.8 Å². The van der Waals surface area contributed by atoms with E-state index in [1.807, 2.05) is 32.1 Å². The summed E-state index contributed by atoms with van der Waals surface area (Å²) < 4.78 is 11.6. The van der Waals surface area contributed by atoms with E-state index in [-0.39, 0.29) is 17.2 Å². The molecule has 0 spiro atoms. The van der Waals surface area contributed by atoms with Gasteiger partial charge in [0.25, 0.3) is 0 Å². The molecule has 7 heteroatoms. The number of nitrogens with zero attached hydrogens (tertiary/aromatic N) is 4. The van der Waals surface area contributed by atoms with Crippen LogP contribution in [0.4, 0.5) is 0 Å². The van der Waals surface area contributed by atoms with Crippen LogP contribution in [0.2, 0.25) is 0 Å². The third kappa shape index (κ3) is 3.79. The van der Waals surface area contributed by atoms with Crippen LogP contribution in [0.1, 0.15) is 38.7 Å². The molecule has 32 heavy (non-hydrogen) atoms. The van der Waals surface area contributed by atoms with Gasteiger partial charge in [-0.2, -0.15) is 15.8 Å². The van der Waals surface area contributed by atoms with Gasteiger partial charge in [-0.3, -0.25) is 4.90 Å². The summed E-state index contributed by atoms with van der Waals surface area (Å²) >= 11 is 0. The maximum Gasteiger partial charge on any atom is 0.187 e. The molecule has 3 rings (SSSR count). The Morgan fingerprint density at radius 1 is 1.12 bits per heavy atom. The average Bonchev–Trinajstić information content (AvgIpc) is 2.80. The molecule has 1 aliphatic carbocycles. The van der Waals surface area contributed by atoms with E-state index >= 15 is 0 Å². The smallest absolute Gasteiger partial charge is 0.187 e. The van der Waals surface area contributed by atoms with Gasteiger partial charge < -0.3 is 15.2 Å². The van der Waals surface area contributed by atoms with Crippen LogP contribution in [-0.4, -0.2) is 37.7 Å². The van der Waals surface area contributed by atoms with Crippen molar-refractivity contribution >= 4 is 0 Å². The molecule has 7 nitrogen and oxygen atoms in total. The minimum atomic E-state index is -1.71. The second-order valence-electron chi connectivity index (χ2n) is 8.00. The van der Waals surface area contributed by atoms with E-state index in [1.165, 1.54) is 0 Å². The van der Waals surface area contributed by atoms with Crippen molar-refractivity contribution in [2.45, 2.75) is 33.1 Å². The molecule has 0 radical (unpaired) electrons. The Morgan fingerprint density at radius 2 is 1.84 bits per heavy atom. The number of nitrogens with two attached hydrogens (primary N) is 1. The fourth-order valence-corrected chi connectivity index (χ4v) is 4.92. The molecule has 0 saturated heterocycles. The Hall–Kier alpha value is -3.47. The summed E-state index contributed by atoms with van der Waals surface area (Å²) in [5.74, 6) is 0.382. The largest absolute Gasteiger partial charge is 0.494 e. The first-order valence-corrected chi connectivity index (χ1v) is 11.1. The van der Waals surface area contributed by atoms with Gasteiger partial charge in [0.2, 0.25) is 0 Å². The molecule has 0 amide bonds. The van der Waals surface area contributed by atoms with Gasteiger partial charge in [-0.1, -0.05) is 19.1 Å². The molecular weight excluding hydrogens is 402 g/mol. The molecule has 1 aromatic carbocycles. The zero-order valence-electron chi connectivity index (χ0n) is 18.9. The Labute approximate surface area is 189 Å². The van der Waals surface area contributed by atoms with E-state index in [2.05, 4.69) is 30.0 Å². The van der Waals surface area contributed by atoms with E-state index in [9.17, 15) is 15.8 Å². The molecule has 2 aliphatic rings. The Bertz CT molecular complexity index is 1040. The standard InChI is InChI=1S/C25H29N5O2/c1-4-10-30-11-9-18-20(14-30)23(25(15-27,16-28)21(13-26)24(18)29)19-8-7-17(31-5-2)12-22(19)32-6-3/h7-9,12,20,23H,4-6,10-11,14,29H2,1-3H3. The third-order valence-electron chi connectivity index (χ3n) is 6.20. The first-order chi connectivity index (χ1) is 15.5. The van der Waals surface area contributed by atoms with Crippen molar-refractivity contribution in [3.63, 3.8) is 0 Å². The van der Waals surface area contributed by atoms with Crippen LogP contribution in [0.15, 0.2) is 41.1 Å². The van der Waals surface area contributed by atoms with Crippen molar-refractivity contribution in [2.75, 3.05) is 32.8 Å². The highest BCUT2D eigenvalue weighted by Gasteiger charge is 2.55. The number of hydrogen-bond donors (Lipinski definition) is 1. The summed E-state index contributed by atoms with van der Waals surface area (Å²) in [5, 5.41) is 30.6. The van der Waals surface area contributed by atoms with Gasteiger partial charge in [-0.05, 0) is 38.5 Å². The maximum atomic E-state index is 10.3. The predicted octanol–water partition coefficient (Wildman–Crippen LogP) is 3.62. The molecule has 0 aromatic heterocycles. The molecule has 0 bridgehead atoms. The van der Waals surface area contributed by atoms with Gasteiger partial charge in [0.1, 0.15) is 11.5 Å². The lowest BCUT2D eigenvalue weighted by Crippen LogP contribution is -2.47. The van der Waals surface area contributed by atoms with Gasteiger partial charge in [0, 0.05) is 36.6 Å². The lowest BCUT2D eigenvalue weighted by atomic mass is 9.57. The maximum absolute atomic E-state index is 10.3. The molecule has 0 saturated carbocycles. The fraction of sp³-hybridized carbons (Fsp3) is 0.480. The van der Waals surface area contributed by atoms with Crippen molar-refractivity contribution in [1.29, 1.82) is 15.8 Å². The highest BCUT2D eigenvalue weighted by molar-refractivity contribution is 5.61. The lowest BCUT2D eigenvalue weighted by Gasteiger charge is -2.45. The normalized spacial score (nSPS) is 22.1. The summed E-state index contributed by atoms with van der Waals surface area (Å²) in [5.41, 5.74) is 6.54. The van der Waals surface area contributed by atoms with Gasteiger partial charge in [-0.15, -0.1) is 0 Å². The summed E-state index contributed by atoms with van der Waals surface area (Å²) in [4.78, 5) is 2.29. The molecule has 1 heterocycles. The molecule has 1 aromatic rings. The van der Waals surface area contributed by atoms with Crippen molar-refractivity contribution in [3.8, 4) is 29.7 Å². The predicted molar refractivity (Wildman–Crippen MR) is 120 cm³/mol. The van der Waals surface area contributed by atoms with E-state index < -0.39 is 11.3 Å². The number of allylic oxidation sites excluding steroid dienone is 2. The van der Waals surface area contributed by atoms with Crippen molar-refractivity contribution in [1.82, 2.24) is 4.90 Å². The first-order valence-electron chi connectivity index (χ1n) is 11.1. The fourth-order valence-electron chi connectivity index (χ4n) is 4.92. The van der Waals surface area contributed by atoms with Gasteiger partial charge in [0.05, 0.1) is 42.7 Å². The zero-order chi connectivity index (χ0) is 23.3. The molecule has 166 valence electrons. The van der Waals surface area contributed by atoms with E-state index in [0.717, 1.165) is 25.1 Å². The summed E-state index contributed by atoms with van der Waals surface area (Å²) in [6, 6.07) is 11.9. The summed E-state index contributed by atoms with van der Waals surface area (Å²) in [6.45, 7) is 9.10. The second kappa shape index (κ2) is 9.77. The highest BCUT2D eigenvalue weighted by Crippen LogP contribution is 2.56. The van der Waals surface area contributed by atoms with Crippen molar-refractivity contribution < 1.29 is 9.47 Å². The Kier molecular flexibility index (Phi) is 7.08. The molecule has 2 unspecified atom stereocenters. The average molecular weight is 432 g/mol. The molecule has 0 fully saturated rings. The molecular formula is C25H29N5O2. The first kappa shape index (κ1) is 23.2. The lowest BCUT2D eigenvalue weighted by molar-refractivity contribution is 0.205. The third-order valence-corrected chi connectivity index (χ3v) is 6.20. The highest BCUT2D eigenvalue weighted by atomic mass is 16.5. The Morgan fingerprint density at radius 3 is 2.44 bits per heavy atom. The minimum Gasteiger partial charge on any atom is -0.494 e. The number of ether oxygens (including phenoxy) is 2. The topological polar surface area (TPSA) is 119 Å². The van der Waals surface area contributed by atoms with Crippen LogP contribution in [-0.2, 0) is 0 Å². The quantitative estimate of drug-likeness (QED) is 0.700. The number of nitriles is 3. The SMILES string of the molecule is CCCN1CC=C2C(N)=C(C#N)C(C#N)(C#N)C(c3ccc(OCC)cc3OCC)C2C1. The molecule has 2 N–H and O–H groups in total. The van der Waals surface area contributed by atoms with Gasteiger partial charge in [0.15, 0.2) is 5.41 Å². The van der Waals surface area contributed by atoms with Crippen LogP contribution >= 0.6 is 0 Å². The number of hydrogen-bond acceptors (Lipinski definition) is 7. The van der Waals surface area contributed by atoms with Crippen LogP contribution in [0.3, 0.4) is 0 Å². The van der Waals surface area contributed by atoms with Crippen LogP contribution in [0.25, 0.3) is 0 Å².